The molecule has 6 heteroatoms. The summed E-state index contributed by atoms with van der Waals surface area (Å²) in [4.78, 5) is 24.7. The van der Waals surface area contributed by atoms with Crippen LogP contribution in [0.3, 0.4) is 0 Å². The minimum atomic E-state index is 0.00433. The zero-order valence-electron chi connectivity index (χ0n) is 22.6. The molecule has 6 nitrogen and oxygen atoms in total. The van der Waals surface area contributed by atoms with Gasteiger partial charge in [-0.05, 0) is 48.2 Å². The maximum absolute atomic E-state index is 12.4. The van der Waals surface area contributed by atoms with Gasteiger partial charge >= 0.3 is 0 Å². The first-order valence-corrected chi connectivity index (χ1v) is 13.5. The van der Waals surface area contributed by atoms with E-state index in [1.54, 1.807) is 14.2 Å². The van der Waals surface area contributed by atoms with E-state index in [1.165, 1.54) is 38.5 Å². The number of unbranched alkanes of at least 4 members (excludes halogenated alkanes) is 8. The van der Waals surface area contributed by atoms with Crippen LogP contribution in [-0.2, 0) is 9.59 Å². The fraction of sp³-hybridized carbons (Fsp3) is 0.533. The molecule has 2 aromatic rings. The Hall–Kier alpha value is -3.02. The Morgan fingerprint density at radius 1 is 0.611 bits per heavy atom. The Morgan fingerprint density at radius 2 is 1.00 bits per heavy atom. The molecule has 0 bridgehead atoms. The van der Waals surface area contributed by atoms with Gasteiger partial charge in [-0.25, -0.2) is 0 Å². The predicted molar refractivity (Wildman–Crippen MR) is 149 cm³/mol. The third kappa shape index (κ3) is 9.92. The first kappa shape index (κ1) is 29.2. The molecule has 0 heterocycles. The predicted octanol–water partition coefficient (Wildman–Crippen LogP) is 7.97. The van der Waals surface area contributed by atoms with Gasteiger partial charge in [0.2, 0.25) is 11.8 Å². The van der Waals surface area contributed by atoms with E-state index in [4.69, 9.17) is 9.47 Å². The normalized spacial score (nSPS) is 10.7. The number of rotatable bonds is 17. The van der Waals surface area contributed by atoms with Crippen molar-refractivity contribution in [3.8, 4) is 22.6 Å². The van der Waals surface area contributed by atoms with Crippen LogP contribution in [0, 0.1) is 0 Å². The van der Waals surface area contributed by atoms with Gasteiger partial charge in [-0.1, -0.05) is 77.3 Å². The summed E-state index contributed by atoms with van der Waals surface area (Å²) in [5, 5.41) is 5.95. The Labute approximate surface area is 217 Å². The molecule has 198 valence electrons. The van der Waals surface area contributed by atoms with Gasteiger partial charge in [0.1, 0.15) is 11.5 Å². The Balaban J connectivity index is 2.02. The summed E-state index contributed by atoms with van der Waals surface area (Å²) in [7, 11) is 3.20. The van der Waals surface area contributed by atoms with E-state index in [9.17, 15) is 9.59 Å². The lowest BCUT2D eigenvalue weighted by Gasteiger charge is -2.14. The van der Waals surface area contributed by atoms with Crippen LogP contribution in [0.2, 0.25) is 0 Å². The molecule has 0 saturated heterocycles. The summed E-state index contributed by atoms with van der Waals surface area (Å²) in [6.45, 7) is 4.37. The third-order valence-corrected chi connectivity index (χ3v) is 6.30. The second-order valence-electron chi connectivity index (χ2n) is 9.25. The van der Waals surface area contributed by atoms with Gasteiger partial charge in [-0.15, -0.1) is 0 Å². The lowest BCUT2D eigenvalue weighted by Crippen LogP contribution is -2.12. The summed E-state index contributed by atoms with van der Waals surface area (Å²) < 4.78 is 11.1. The molecule has 2 aromatic carbocycles. The largest absolute Gasteiger partial charge is 0.495 e. The van der Waals surface area contributed by atoms with Crippen molar-refractivity contribution in [1.82, 2.24) is 0 Å². The second kappa shape index (κ2) is 16.6. The van der Waals surface area contributed by atoms with Gasteiger partial charge in [0.05, 0.1) is 25.6 Å². The van der Waals surface area contributed by atoms with Crippen molar-refractivity contribution in [2.75, 3.05) is 24.9 Å². The summed E-state index contributed by atoms with van der Waals surface area (Å²) in [5.41, 5.74) is 3.18. The number of ether oxygens (including phenoxy) is 2. The quantitative estimate of drug-likeness (QED) is 0.218. The van der Waals surface area contributed by atoms with Crippen LogP contribution in [0.15, 0.2) is 36.4 Å². The molecule has 36 heavy (non-hydrogen) atoms. The number of anilines is 2. The highest BCUT2D eigenvalue weighted by Gasteiger charge is 2.13. The fourth-order valence-electron chi connectivity index (χ4n) is 4.15. The van der Waals surface area contributed by atoms with Crippen LogP contribution in [0.4, 0.5) is 11.4 Å². The fourth-order valence-corrected chi connectivity index (χ4v) is 4.15. The topological polar surface area (TPSA) is 76.7 Å². The molecule has 0 saturated carbocycles. The highest BCUT2D eigenvalue weighted by Crippen LogP contribution is 2.35. The van der Waals surface area contributed by atoms with Crippen LogP contribution >= 0.6 is 0 Å². The lowest BCUT2D eigenvalue weighted by molar-refractivity contribution is -0.117. The molecule has 0 radical (unpaired) electrons. The van der Waals surface area contributed by atoms with Crippen molar-refractivity contribution < 1.29 is 19.1 Å². The molecule has 0 spiro atoms. The van der Waals surface area contributed by atoms with E-state index < -0.39 is 0 Å². The Morgan fingerprint density at radius 3 is 1.36 bits per heavy atom. The Kier molecular flexibility index (Phi) is 13.5. The second-order valence-corrected chi connectivity index (χ2v) is 9.25. The van der Waals surface area contributed by atoms with E-state index in [0.717, 1.165) is 36.8 Å². The summed E-state index contributed by atoms with van der Waals surface area (Å²) in [6.07, 6.45) is 12.1. The van der Waals surface area contributed by atoms with Crippen molar-refractivity contribution in [2.45, 2.75) is 90.9 Å². The molecule has 0 atom stereocenters. The van der Waals surface area contributed by atoms with Crippen molar-refractivity contribution in [1.29, 1.82) is 0 Å². The number of benzene rings is 2. The van der Waals surface area contributed by atoms with Crippen LogP contribution < -0.4 is 20.1 Å². The number of hydrogen-bond acceptors (Lipinski definition) is 4. The van der Waals surface area contributed by atoms with Crippen molar-refractivity contribution >= 4 is 23.2 Å². The number of hydrogen-bond donors (Lipinski definition) is 2. The highest BCUT2D eigenvalue weighted by atomic mass is 16.5. The van der Waals surface area contributed by atoms with Crippen LogP contribution in [0.5, 0.6) is 11.5 Å². The molecule has 0 aliphatic carbocycles. The highest BCUT2D eigenvalue weighted by molar-refractivity contribution is 5.94. The first-order chi connectivity index (χ1) is 17.5. The van der Waals surface area contributed by atoms with Crippen LogP contribution in [0.25, 0.3) is 11.1 Å². The minimum absolute atomic E-state index is 0.00433. The average Bonchev–Trinajstić information content (AvgIpc) is 2.89. The van der Waals surface area contributed by atoms with E-state index in [1.807, 2.05) is 36.4 Å². The van der Waals surface area contributed by atoms with Gasteiger partial charge in [0.25, 0.3) is 0 Å². The van der Waals surface area contributed by atoms with E-state index in [-0.39, 0.29) is 11.8 Å². The van der Waals surface area contributed by atoms with Gasteiger partial charge < -0.3 is 20.1 Å². The molecule has 2 amide bonds. The number of carbonyl (C=O) groups excluding carboxylic acids is 2. The molecule has 0 fully saturated rings. The third-order valence-electron chi connectivity index (χ3n) is 6.30. The first-order valence-electron chi connectivity index (χ1n) is 13.5. The van der Waals surface area contributed by atoms with E-state index >= 15 is 0 Å². The van der Waals surface area contributed by atoms with Gasteiger partial charge in [0, 0.05) is 12.8 Å². The standard InChI is InChI=1S/C30H44N2O4/c1-5-7-9-11-13-15-29(33)31-25-19-17-23(21-27(25)35-3)24-18-20-26(28(22-24)36-4)32-30(34)16-14-12-10-8-6-2/h17-22H,5-16H2,1-4H3,(H,31,33)(H,32,34). The number of nitrogens with one attached hydrogen (secondary N) is 2. The summed E-state index contributed by atoms with van der Waals surface area (Å²) in [6, 6.07) is 11.4. The maximum Gasteiger partial charge on any atom is 0.224 e. The molecule has 2 rings (SSSR count). The molecule has 0 aromatic heterocycles. The molecule has 0 unspecified atom stereocenters. The van der Waals surface area contributed by atoms with E-state index in [0.29, 0.717) is 35.7 Å². The molecular formula is C30H44N2O4. The SMILES string of the molecule is CCCCCCCC(=O)Nc1ccc(-c2ccc(NC(=O)CCCCCCC)c(OC)c2)cc1OC. The van der Waals surface area contributed by atoms with Crippen LogP contribution in [0.1, 0.15) is 90.9 Å². The van der Waals surface area contributed by atoms with Crippen molar-refractivity contribution in [3.05, 3.63) is 36.4 Å². The molecular weight excluding hydrogens is 452 g/mol. The number of methoxy groups -OCH3 is 2. The maximum atomic E-state index is 12.4. The molecule has 2 N–H and O–H groups in total. The van der Waals surface area contributed by atoms with Gasteiger partial charge in [0.15, 0.2) is 0 Å². The van der Waals surface area contributed by atoms with Crippen LogP contribution in [-0.4, -0.2) is 26.0 Å². The molecule has 0 aliphatic heterocycles. The van der Waals surface area contributed by atoms with Gasteiger partial charge in [-0.3, -0.25) is 9.59 Å². The summed E-state index contributed by atoms with van der Waals surface area (Å²) >= 11 is 0. The Bertz CT molecular complexity index is 880. The average molecular weight is 497 g/mol. The minimum Gasteiger partial charge on any atom is -0.495 e. The summed E-state index contributed by atoms with van der Waals surface area (Å²) in [5.74, 6) is 1.21. The smallest absolute Gasteiger partial charge is 0.224 e. The monoisotopic (exact) mass is 496 g/mol. The van der Waals surface area contributed by atoms with E-state index in [2.05, 4.69) is 24.5 Å². The van der Waals surface area contributed by atoms with Gasteiger partial charge in [-0.2, -0.15) is 0 Å². The number of carbonyl (C=O) groups is 2. The molecule has 0 aliphatic rings. The van der Waals surface area contributed by atoms with Crippen molar-refractivity contribution in [3.63, 3.8) is 0 Å². The van der Waals surface area contributed by atoms with Crippen molar-refractivity contribution in [2.24, 2.45) is 0 Å². The zero-order chi connectivity index (χ0) is 26.2. The zero-order valence-corrected chi connectivity index (χ0v) is 22.6. The lowest BCUT2D eigenvalue weighted by atomic mass is 10.0. The number of amides is 2.